The van der Waals surface area contributed by atoms with Crippen LogP contribution in [-0.2, 0) is 0 Å². The Labute approximate surface area is 101 Å². The molecule has 0 radical (unpaired) electrons. The Morgan fingerprint density at radius 3 is 2.80 bits per heavy atom. The number of allylic oxidation sites excluding steroid dienone is 1. The zero-order chi connectivity index (χ0) is 10.5. The maximum Gasteiger partial charge on any atom is 0.0439 e. The van der Waals surface area contributed by atoms with Gasteiger partial charge < -0.3 is 0 Å². The first-order chi connectivity index (χ1) is 7.40. The van der Waals surface area contributed by atoms with Crippen molar-refractivity contribution in [2.75, 3.05) is 5.88 Å². The van der Waals surface area contributed by atoms with Crippen LogP contribution in [0.2, 0.25) is 0 Å². The van der Waals surface area contributed by atoms with Gasteiger partial charge in [0.2, 0.25) is 0 Å². The van der Waals surface area contributed by atoms with Crippen LogP contribution in [0.3, 0.4) is 0 Å². The van der Waals surface area contributed by atoms with Crippen molar-refractivity contribution in [3.8, 4) is 0 Å². The van der Waals surface area contributed by atoms with Crippen molar-refractivity contribution in [3.63, 3.8) is 0 Å². The predicted octanol–water partition coefficient (Wildman–Crippen LogP) is 4.95. The SMILES string of the molecule is ClC/C(=C/c1ccsc1)C1CCCCC1. The van der Waals surface area contributed by atoms with Crippen molar-refractivity contribution < 1.29 is 0 Å². The third-order valence-electron chi connectivity index (χ3n) is 3.18. The Hall–Kier alpha value is -0.270. The Bertz CT molecular complexity index is 307. The maximum atomic E-state index is 6.05. The van der Waals surface area contributed by atoms with Gasteiger partial charge in [0.25, 0.3) is 0 Å². The molecule has 0 atom stereocenters. The molecule has 0 unspecified atom stereocenters. The van der Waals surface area contributed by atoms with Gasteiger partial charge in [0, 0.05) is 5.88 Å². The summed E-state index contributed by atoms with van der Waals surface area (Å²) in [6.07, 6.45) is 9.13. The minimum absolute atomic E-state index is 0.695. The molecule has 2 heteroatoms. The normalized spacial score (nSPS) is 19.4. The number of hydrogen-bond acceptors (Lipinski definition) is 1. The molecular weight excluding hydrogens is 224 g/mol. The van der Waals surface area contributed by atoms with Crippen LogP contribution in [-0.4, -0.2) is 5.88 Å². The first kappa shape index (κ1) is 11.2. The molecule has 0 amide bonds. The highest BCUT2D eigenvalue weighted by Crippen LogP contribution is 2.31. The Kier molecular flexibility index (Phi) is 4.28. The number of thiophene rings is 1. The number of halogens is 1. The second-order valence-corrected chi connectivity index (χ2v) is 5.29. The van der Waals surface area contributed by atoms with Crippen molar-refractivity contribution in [1.29, 1.82) is 0 Å². The van der Waals surface area contributed by atoms with E-state index in [2.05, 4.69) is 22.9 Å². The van der Waals surface area contributed by atoms with Crippen LogP contribution in [0.5, 0.6) is 0 Å². The fourth-order valence-electron chi connectivity index (χ4n) is 2.31. The lowest BCUT2D eigenvalue weighted by molar-refractivity contribution is 0.405. The average molecular weight is 241 g/mol. The van der Waals surface area contributed by atoms with E-state index in [1.165, 1.54) is 43.2 Å². The van der Waals surface area contributed by atoms with Crippen LogP contribution in [0.25, 0.3) is 6.08 Å². The summed E-state index contributed by atoms with van der Waals surface area (Å²) in [5.74, 6) is 1.44. The zero-order valence-corrected chi connectivity index (χ0v) is 10.5. The lowest BCUT2D eigenvalue weighted by Crippen LogP contribution is -2.10. The molecule has 0 nitrogen and oxygen atoms in total. The van der Waals surface area contributed by atoms with E-state index in [4.69, 9.17) is 11.6 Å². The molecule has 0 saturated heterocycles. The summed E-state index contributed by atoms with van der Waals surface area (Å²) in [6, 6.07) is 2.17. The third kappa shape index (κ3) is 3.09. The van der Waals surface area contributed by atoms with E-state index in [0.717, 1.165) is 5.92 Å². The minimum atomic E-state index is 0.695. The summed E-state index contributed by atoms with van der Waals surface area (Å²) in [5, 5.41) is 4.31. The van der Waals surface area contributed by atoms with Gasteiger partial charge in [0.15, 0.2) is 0 Å². The molecule has 82 valence electrons. The number of rotatable bonds is 3. The Balaban J connectivity index is 2.08. The summed E-state index contributed by atoms with van der Waals surface area (Å²) in [5.41, 5.74) is 2.76. The molecule has 2 rings (SSSR count). The molecule has 1 aromatic rings. The lowest BCUT2D eigenvalue weighted by Gasteiger charge is -2.23. The van der Waals surface area contributed by atoms with E-state index in [-0.39, 0.29) is 0 Å². The van der Waals surface area contributed by atoms with Crippen molar-refractivity contribution in [2.45, 2.75) is 32.1 Å². The van der Waals surface area contributed by atoms with Crippen molar-refractivity contribution in [2.24, 2.45) is 5.92 Å². The van der Waals surface area contributed by atoms with Crippen LogP contribution in [0.1, 0.15) is 37.7 Å². The summed E-state index contributed by atoms with van der Waals surface area (Å²) >= 11 is 7.80. The molecule has 0 aromatic carbocycles. The fourth-order valence-corrected chi connectivity index (χ4v) is 3.22. The monoisotopic (exact) mass is 240 g/mol. The molecule has 1 heterocycles. The quantitative estimate of drug-likeness (QED) is 0.656. The molecule has 1 aliphatic carbocycles. The largest absolute Gasteiger partial charge is 0.152 e. The smallest absolute Gasteiger partial charge is 0.0439 e. The van der Waals surface area contributed by atoms with Gasteiger partial charge in [-0.05, 0) is 41.1 Å². The van der Waals surface area contributed by atoms with Crippen LogP contribution in [0.15, 0.2) is 22.4 Å². The molecule has 15 heavy (non-hydrogen) atoms. The van der Waals surface area contributed by atoms with Crippen LogP contribution in [0, 0.1) is 5.92 Å². The van der Waals surface area contributed by atoms with E-state index in [9.17, 15) is 0 Å². The third-order valence-corrected chi connectivity index (χ3v) is 4.19. The van der Waals surface area contributed by atoms with Gasteiger partial charge in [-0.1, -0.05) is 30.9 Å². The molecule has 0 bridgehead atoms. The second kappa shape index (κ2) is 5.72. The second-order valence-electron chi connectivity index (χ2n) is 4.24. The summed E-state index contributed by atoms with van der Waals surface area (Å²) in [6.45, 7) is 0. The van der Waals surface area contributed by atoms with Gasteiger partial charge in [0.05, 0.1) is 0 Å². The summed E-state index contributed by atoms with van der Waals surface area (Å²) < 4.78 is 0. The highest BCUT2D eigenvalue weighted by atomic mass is 35.5. The maximum absolute atomic E-state index is 6.05. The highest BCUT2D eigenvalue weighted by Gasteiger charge is 2.16. The van der Waals surface area contributed by atoms with Gasteiger partial charge >= 0.3 is 0 Å². The average Bonchev–Trinajstić information content (AvgIpc) is 2.80. The van der Waals surface area contributed by atoms with E-state index >= 15 is 0 Å². The van der Waals surface area contributed by atoms with Crippen molar-refractivity contribution in [3.05, 3.63) is 28.0 Å². The van der Waals surface area contributed by atoms with Crippen molar-refractivity contribution >= 4 is 29.0 Å². The van der Waals surface area contributed by atoms with Crippen LogP contribution in [0.4, 0.5) is 0 Å². The summed E-state index contributed by atoms with van der Waals surface area (Å²) in [7, 11) is 0. The van der Waals surface area contributed by atoms with Gasteiger partial charge in [-0.3, -0.25) is 0 Å². The topological polar surface area (TPSA) is 0 Å². The Morgan fingerprint density at radius 1 is 1.40 bits per heavy atom. The van der Waals surface area contributed by atoms with E-state index in [1.54, 1.807) is 11.3 Å². The van der Waals surface area contributed by atoms with Crippen LogP contribution < -0.4 is 0 Å². The number of hydrogen-bond donors (Lipinski definition) is 0. The predicted molar refractivity (Wildman–Crippen MR) is 69.6 cm³/mol. The Morgan fingerprint density at radius 2 is 2.20 bits per heavy atom. The molecule has 1 fully saturated rings. The first-order valence-corrected chi connectivity index (χ1v) is 7.16. The molecule has 0 N–H and O–H groups in total. The van der Waals surface area contributed by atoms with Gasteiger partial charge in [0.1, 0.15) is 0 Å². The first-order valence-electron chi connectivity index (χ1n) is 5.69. The van der Waals surface area contributed by atoms with Gasteiger partial charge in [-0.2, -0.15) is 11.3 Å². The molecule has 0 aliphatic heterocycles. The summed E-state index contributed by atoms with van der Waals surface area (Å²) in [4.78, 5) is 0. The van der Waals surface area contributed by atoms with E-state index in [1.807, 2.05) is 0 Å². The molecule has 0 spiro atoms. The standard InChI is InChI=1S/C13H17ClS/c14-9-13(8-11-6-7-15-10-11)12-4-2-1-3-5-12/h6-8,10,12H,1-5,9H2/b13-8-. The molecule has 1 aromatic heterocycles. The zero-order valence-electron chi connectivity index (χ0n) is 8.92. The minimum Gasteiger partial charge on any atom is -0.152 e. The van der Waals surface area contributed by atoms with Crippen LogP contribution >= 0.6 is 22.9 Å². The van der Waals surface area contributed by atoms with Gasteiger partial charge in [-0.15, -0.1) is 11.6 Å². The lowest BCUT2D eigenvalue weighted by atomic mass is 9.84. The number of alkyl halides is 1. The highest BCUT2D eigenvalue weighted by molar-refractivity contribution is 7.08. The molecular formula is C13H17ClS. The fraction of sp³-hybridized carbons (Fsp3) is 0.538. The molecule has 1 saturated carbocycles. The van der Waals surface area contributed by atoms with E-state index in [0.29, 0.717) is 5.88 Å². The molecule has 1 aliphatic rings. The van der Waals surface area contributed by atoms with Crippen molar-refractivity contribution in [1.82, 2.24) is 0 Å². The van der Waals surface area contributed by atoms with E-state index < -0.39 is 0 Å². The van der Waals surface area contributed by atoms with Gasteiger partial charge in [-0.25, -0.2) is 0 Å².